The summed E-state index contributed by atoms with van der Waals surface area (Å²) in [6, 6.07) is 6.76. The van der Waals surface area contributed by atoms with Crippen molar-refractivity contribution in [3.05, 3.63) is 41.7 Å². The van der Waals surface area contributed by atoms with Gasteiger partial charge in [0.25, 0.3) is 10.0 Å². The Balaban J connectivity index is 1.41. The molecule has 0 unspecified atom stereocenters. The van der Waals surface area contributed by atoms with Crippen LogP contribution >= 0.6 is 11.3 Å². The fourth-order valence-electron chi connectivity index (χ4n) is 2.87. The average molecular weight is 412 g/mol. The molecule has 2 N–H and O–H groups in total. The first-order valence-electron chi connectivity index (χ1n) is 8.57. The summed E-state index contributed by atoms with van der Waals surface area (Å²) in [7, 11) is -3.48. The lowest BCUT2D eigenvalue weighted by molar-refractivity contribution is -0.129. The Bertz CT molecular complexity index is 855. The first-order valence-corrected chi connectivity index (χ1v) is 10.9. The fourth-order valence-corrected chi connectivity index (χ4v) is 5.48. The number of furan rings is 1. The molecule has 10 heteroatoms. The van der Waals surface area contributed by atoms with Crippen LogP contribution in [0.1, 0.15) is 18.6 Å². The lowest BCUT2D eigenvalue weighted by Gasteiger charge is -2.30. The van der Waals surface area contributed by atoms with Crippen LogP contribution in [0.3, 0.4) is 0 Å². The Labute approximate surface area is 161 Å². The van der Waals surface area contributed by atoms with Crippen molar-refractivity contribution in [2.24, 2.45) is 5.92 Å². The van der Waals surface area contributed by atoms with Crippen LogP contribution in [0.5, 0.6) is 0 Å². The molecule has 2 amide bonds. The minimum Gasteiger partial charge on any atom is -0.467 e. The van der Waals surface area contributed by atoms with E-state index >= 15 is 0 Å². The van der Waals surface area contributed by atoms with Crippen LogP contribution in [-0.4, -0.2) is 44.2 Å². The minimum absolute atomic E-state index is 0.118. The third kappa shape index (κ3) is 4.96. The van der Waals surface area contributed by atoms with Gasteiger partial charge in [-0.1, -0.05) is 6.07 Å². The third-order valence-electron chi connectivity index (χ3n) is 4.38. The van der Waals surface area contributed by atoms with E-state index in [2.05, 4.69) is 10.6 Å². The Hall–Kier alpha value is -2.17. The topological polar surface area (TPSA) is 109 Å². The normalized spacial score (nSPS) is 16.1. The molecule has 0 radical (unpaired) electrons. The molecule has 1 aliphatic rings. The molecular formula is C17H21N3O5S2. The maximum atomic E-state index is 12.5. The second kappa shape index (κ2) is 8.68. The molecule has 0 aliphatic carbocycles. The summed E-state index contributed by atoms with van der Waals surface area (Å²) in [6.07, 6.45) is 2.39. The maximum absolute atomic E-state index is 12.5. The van der Waals surface area contributed by atoms with Crippen molar-refractivity contribution in [2.45, 2.75) is 23.6 Å². The number of nitrogens with one attached hydrogen (secondary N) is 2. The number of thiophene rings is 1. The molecule has 0 spiro atoms. The third-order valence-corrected chi connectivity index (χ3v) is 7.65. The summed E-state index contributed by atoms with van der Waals surface area (Å²) in [5.74, 6) is -0.194. The van der Waals surface area contributed by atoms with Gasteiger partial charge in [0.05, 0.1) is 19.4 Å². The lowest BCUT2D eigenvalue weighted by Crippen LogP contribution is -2.44. The van der Waals surface area contributed by atoms with E-state index in [4.69, 9.17) is 4.42 Å². The van der Waals surface area contributed by atoms with Crippen LogP contribution < -0.4 is 10.6 Å². The molecule has 0 saturated carbocycles. The van der Waals surface area contributed by atoms with Crippen LogP contribution in [0.25, 0.3) is 0 Å². The van der Waals surface area contributed by atoms with Crippen molar-refractivity contribution >= 4 is 33.2 Å². The number of carbonyl (C=O) groups is 2. The molecule has 27 heavy (non-hydrogen) atoms. The largest absolute Gasteiger partial charge is 0.467 e. The number of piperidine rings is 1. The highest BCUT2D eigenvalue weighted by Gasteiger charge is 2.32. The van der Waals surface area contributed by atoms with Crippen molar-refractivity contribution in [3.63, 3.8) is 0 Å². The standard InChI is InChI=1S/C17H21N3O5S2/c21-15(18-11-14-3-1-9-25-14)12-19-17(22)13-5-7-20(8-6-13)27(23,24)16-4-2-10-26-16/h1-4,9-10,13H,5-8,11-12H2,(H,18,21)(H,19,22). The second-order valence-electron chi connectivity index (χ2n) is 6.18. The zero-order chi connectivity index (χ0) is 19.3. The van der Waals surface area contributed by atoms with Gasteiger partial charge in [-0.15, -0.1) is 11.3 Å². The van der Waals surface area contributed by atoms with Crippen LogP contribution in [0.4, 0.5) is 0 Å². The minimum atomic E-state index is -3.48. The zero-order valence-corrected chi connectivity index (χ0v) is 16.2. The summed E-state index contributed by atoms with van der Waals surface area (Å²) in [4.78, 5) is 24.0. The number of hydrogen-bond donors (Lipinski definition) is 2. The number of carbonyl (C=O) groups excluding carboxylic acids is 2. The van der Waals surface area contributed by atoms with E-state index in [9.17, 15) is 18.0 Å². The van der Waals surface area contributed by atoms with Crippen molar-refractivity contribution in [1.82, 2.24) is 14.9 Å². The molecule has 0 atom stereocenters. The molecule has 146 valence electrons. The van der Waals surface area contributed by atoms with E-state index in [1.54, 1.807) is 29.6 Å². The van der Waals surface area contributed by atoms with Gasteiger partial charge in [-0.25, -0.2) is 8.42 Å². The van der Waals surface area contributed by atoms with Crippen molar-refractivity contribution in [1.29, 1.82) is 0 Å². The predicted molar refractivity (Wildman–Crippen MR) is 99.4 cm³/mol. The molecule has 1 aliphatic heterocycles. The second-order valence-corrected chi connectivity index (χ2v) is 9.30. The molecule has 1 fully saturated rings. The van der Waals surface area contributed by atoms with Crippen LogP contribution in [0.15, 0.2) is 44.5 Å². The summed E-state index contributed by atoms with van der Waals surface area (Å²) in [6.45, 7) is 0.736. The fraction of sp³-hybridized carbons (Fsp3) is 0.412. The number of sulfonamides is 1. The van der Waals surface area contributed by atoms with E-state index in [-0.39, 0.29) is 30.8 Å². The van der Waals surface area contributed by atoms with Gasteiger partial charge in [0.1, 0.15) is 9.97 Å². The Morgan fingerprint density at radius 3 is 2.59 bits per heavy atom. The number of amides is 2. The summed E-state index contributed by atoms with van der Waals surface area (Å²) < 4.78 is 31.8. The summed E-state index contributed by atoms with van der Waals surface area (Å²) in [5.41, 5.74) is 0. The SMILES string of the molecule is O=C(CNC(=O)C1CCN(S(=O)(=O)c2cccs2)CC1)NCc1ccco1. The highest BCUT2D eigenvalue weighted by Crippen LogP contribution is 2.26. The van der Waals surface area contributed by atoms with Gasteiger partial charge < -0.3 is 15.1 Å². The van der Waals surface area contributed by atoms with E-state index in [1.165, 1.54) is 21.9 Å². The smallest absolute Gasteiger partial charge is 0.252 e. The highest BCUT2D eigenvalue weighted by atomic mass is 32.2. The van der Waals surface area contributed by atoms with Gasteiger partial charge in [0.15, 0.2) is 0 Å². The maximum Gasteiger partial charge on any atom is 0.252 e. The molecule has 0 aromatic carbocycles. The lowest BCUT2D eigenvalue weighted by atomic mass is 9.97. The Morgan fingerprint density at radius 1 is 1.19 bits per heavy atom. The first-order chi connectivity index (χ1) is 13.0. The number of rotatable bonds is 7. The average Bonchev–Trinajstić information content (AvgIpc) is 3.38. The summed E-state index contributed by atoms with van der Waals surface area (Å²) >= 11 is 1.19. The Morgan fingerprint density at radius 2 is 1.96 bits per heavy atom. The number of nitrogens with zero attached hydrogens (tertiary/aromatic N) is 1. The highest BCUT2D eigenvalue weighted by molar-refractivity contribution is 7.91. The molecule has 0 bridgehead atoms. The van der Waals surface area contributed by atoms with Crippen LogP contribution in [0.2, 0.25) is 0 Å². The summed E-state index contributed by atoms with van der Waals surface area (Å²) in [5, 5.41) is 6.99. The van der Waals surface area contributed by atoms with Gasteiger partial charge in [0.2, 0.25) is 11.8 Å². The van der Waals surface area contributed by atoms with Gasteiger partial charge in [-0.3, -0.25) is 9.59 Å². The van der Waals surface area contributed by atoms with Gasteiger partial charge in [-0.2, -0.15) is 4.31 Å². The van der Waals surface area contributed by atoms with Gasteiger partial charge in [-0.05, 0) is 36.4 Å². The number of hydrogen-bond acceptors (Lipinski definition) is 6. The van der Waals surface area contributed by atoms with Crippen LogP contribution in [0, 0.1) is 5.92 Å². The van der Waals surface area contributed by atoms with Gasteiger partial charge in [0, 0.05) is 19.0 Å². The van der Waals surface area contributed by atoms with Crippen LogP contribution in [-0.2, 0) is 26.2 Å². The van der Waals surface area contributed by atoms with Gasteiger partial charge >= 0.3 is 0 Å². The molecule has 8 nitrogen and oxygen atoms in total. The molecule has 2 aromatic heterocycles. The van der Waals surface area contributed by atoms with E-state index in [0.717, 1.165) is 0 Å². The van der Waals surface area contributed by atoms with E-state index in [0.29, 0.717) is 35.9 Å². The van der Waals surface area contributed by atoms with E-state index < -0.39 is 10.0 Å². The van der Waals surface area contributed by atoms with E-state index in [1.807, 2.05) is 0 Å². The zero-order valence-electron chi connectivity index (χ0n) is 14.6. The van der Waals surface area contributed by atoms with Crippen molar-refractivity contribution < 1.29 is 22.4 Å². The van der Waals surface area contributed by atoms with Crippen molar-refractivity contribution in [3.8, 4) is 0 Å². The molecule has 3 heterocycles. The monoisotopic (exact) mass is 411 g/mol. The molecule has 1 saturated heterocycles. The Kier molecular flexibility index (Phi) is 6.30. The first kappa shape index (κ1) is 19.6. The predicted octanol–water partition coefficient (Wildman–Crippen LogP) is 1.17. The quantitative estimate of drug-likeness (QED) is 0.711. The molecule has 3 rings (SSSR count). The van der Waals surface area contributed by atoms with Crippen molar-refractivity contribution in [2.75, 3.05) is 19.6 Å². The molecule has 2 aromatic rings. The molecular weight excluding hydrogens is 390 g/mol.